The van der Waals surface area contributed by atoms with Gasteiger partial charge in [0.2, 0.25) is 0 Å². The van der Waals surface area contributed by atoms with Crippen LogP contribution in [0.4, 0.5) is 8.78 Å². The molecule has 1 N–H and O–H groups in total. The summed E-state index contributed by atoms with van der Waals surface area (Å²) in [5, 5.41) is 10.6. The van der Waals surface area contributed by atoms with Crippen molar-refractivity contribution in [2.75, 3.05) is 14.1 Å². The van der Waals surface area contributed by atoms with E-state index in [1.54, 1.807) is 0 Å². The van der Waals surface area contributed by atoms with Crippen LogP contribution in [-0.4, -0.2) is 29.6 Å². The van der Waals surface area contributed by atoms with Gasteiger partial charge in [0, 0.05) is 5.56 Å². The maximum absolute atomic E-state index is 13.9. The van der Waals surface area contributed by atoms with Crippen LogP contribution in [0.25, 0.3) is 0 Å². The largest absolute Gasteiger partial charge is 0.386 e. The Morgan fingerprint density at radius 2 is 1.79 bits per heavy atom. The van der Waals surface area contributed by atoms with Crippen molar-refractivity contribution in [2.24, 2.45) is 0 Å². The first-order chi connectivity index (χ1) is 8.99. The van der Waals surface area contributed by atoms with Gasteiger partial charge in [-0.1, -0.05) is 31.4 Å². The first kappa shape index (κ1) is 14.4. The van der Waals surface area contributed by atoms with Crippen LogP contribution in [0.5, 0.6) is 0 Å². The molecule has 1 saturated carbocycles. The number of likely N-dealkylation sites (N-methyl/N-ethyl adjacent to an activating group) is 1. The lowest BCUT2D eigenvalue weighted by Crippen LogP contribution is -2.50. The number of hydrogen-bond acceptors (Lipinski definition) is 2. The molecule has 1 aliphatic rings. The highest BCUT2D eigenvalue weighted by Gasteiger charge is 2.42. The van der Waals surface area contributed by atoms with E-state index in [-0.39, 0.29) is 5.56 Å². The number of hydrogen-bond donors (Lipinski definition) is 1. The number of aliphatic hydroxyl groups excluding tert-OH is 1. The number of rotatable bonds is 3. The molecule has 1 aromatic rings. The summed E-state index contributed by atoms with van der Waals surface area (Å²) in [5.41, 5.74) is -0.428. The van der Waals surface area contributed by atoms with Crippen LogP contribution in [0.15, 0.2) is 18.2 Å². The molecule has 106 valence electrons. The van der Waals surface area contributed by atoms with Crippen molar-refractivity contribution in [1.82, 2.24) is 4.90 Å². The fourth-order valence-corrected chi connectivity index (χ4v) is 3.15. The van der Waals surface area contributed by atoms with Crippen LogP contribution < -0.4 is 0 Å². The number of benzene rings is 1. The lowest BCUT2D eigenvalue weighted by molar-refractivity contribution is -0.0355. The second kappa shape index (κ2) is 5.55. The van der Waals surface area contributed by atoms with Crippen molar-refractivity contribution in [2.45, 2.75) is 43.7 Å². The summed E-state index contributed by atoms with van der Waals surface area (Å²) in [4.78, 5) is 1.96. The third-order valence-corrected chi connectivity index (χ3v) is 4.40. The van der Waals surface area contributed by atoms with Crippen LogP contribution in [0.3, 0.4) is 0 Å². The molecule has 0 radical (unpaired) electrons. The molecule has 19 heavy (non-hydrogen) atoms. The van der Waals surface area contributed by atoms with Crippen LogP contribution >= 0.6 is 0 Å². The second-order valence-corrected chi connectivity index (χ2v) is 5.60. The predicted octanol–water partition coefficient (Wildman–Crippen LogP) is 3.26. The number of nitrogens with zero attached hydrogens (tertiary/aromatic N) is 1. The Morgan fingerprint density at radius 3 is 2.37 bits per heavy atom. The van der Waals surface area contributed by atoms with Crippen LogP contribution in [0, 0.1) is 11.6 Å². The molecule has 0 aromatic heterocycles. The minimum Gasteiger partial charge on any atom is -0.386 e. The molecular weight excluding hydrogens is 248 g/mol. The summed E-state index contributed by atoms with van der Waals surface area (Å²) in [6.07, 6.45) is 3.75. The van der Waals surface area contributed by atoms with Gasteiger partial charge >= 0.3 is 0 Å². The maximum atomic E-state index is 13.9. The van der Waals surface area contributed by atoms with E-state index in [4.69, 9.17) is 0 Å². The zero-order valence-electron chi connectivity index (χ0n) is 11.5. The fraction of sp³-hybridized carbons (Fsp3) is 0.600. The van der Waals surface area contributed by atoms with Crippen molar-refractivity contribution in [3.63, 3.8) is 0 Å². The number of halogens is 2. The van der Waals surface area contributed by atoms with E-state index >= 15 is 0 Å². The maximum Gasteiger partial charge on any atom is 0.164 e. The van der Waals surface area contributed by atoms with Crippen molar-refractivity contribution >= 4 is 0 Å². The molecule has 0 aliphatic heterocycles. The summed E-state index contributed by atoms with van der Waals surface area (Å²) in [7, 11) is 3.79. The standard InChI is InChI=1S/C15H21F2NO/c1-18(2)15(9-4-3-5-10-15)14(19)11-7-6-8-12(16)13(11)17/h6-8,14,19H,3-5,9-10H2,1-2H3. The quantitative estimate of drug-likeness (QED) is 0.910. The van der Waals surface area contributed by atoms with Gasteiger partial charge in [0.05, 0.1) is 5.54 Å². The molecule has 0 bridgehead atoms. The third-order valence-electron chi connectivity index (χ3n) is 4.40. The summed E-state index contributed by atoms with van der Waals surface area (Å²) in [5.74, 6) is -1.83. The minimum absolute atomic E-state index is 0.0654. The Bertz CT molecular complexity index is 442. The highest BCUT2D eigenvalue weighted by atomic mass is 19.2. The summed E-state index contributed by atoms with van der Waals surface area (Å²) in [6.45, 7) is 0. The Hall–Kier alpha value is -1.00. The van der Waals surface area contributed by atoms with E-state index in [0.29, 0.717) is 0 Å². The van der Waals surface area contributed by atoms with E-state index in [1.807, 2.05) is 19.0 Å². The van der Waals surface area contributed by atoms with Crippen LogP contribution in [0.1, 0.15) is 43.8 Å². The Balaban J connectivity index is 2.39. The zero-order chi connectivity index (χ0) is 14.0. The predicted molar refractivity (Wildman–Crippen MR) is 70.8 cm³/mol. The zero-order valence-corrected chi connectivity index (χ0v) is 11.5. The van der Waals surface area contributed by atoms with Gasteiger partial charge in [0.25, 0.3) is 0 Å². The van der Waals surface area contributed by atoms with Crippen LogP contribution in [-0.2, 0) is 0 Å². The monoisotopic (exact) mass is 269 g/mol. The summed E-state index contributed by atoms with van der Waals surface area (Å²) >= 11 is 0. The molecule has 1 aromatic carbocycles. The van der Waals surface area contributed by atoms with Gasteiger partial charge < -0.3 is 10.0 Å². The van der Waals surface area contributed by atoms with Gasteiger partial charge in [0.15, 0.2) is 11.6 Å². The molecular formula is C15H21F2NO. The van der Waals surface area contributed by atoms with Crippen LogP contribution in [0.2, 0.25) is 0 Å². The SMILES string of the molecule is CN(C)C1(C(O)c2cccc(F)c2F)CCCCC1. The highest BCUT2D eigenvalue weighted by molar-refractivity contribution is 5.25. The molecule has 2 rings (SSSR count). The fourth-order valence-electron chi connectivity index (χ4n) is 3.15. The van der Waals surface area contributed by atoms with Crippen molar-refractivity contribution < 1.29 is 13.9 Å². The first-order valence-corrected chi connectivity index (χ1v) is 6.78. The lowest BCUT2D eigenvalue weighted by atomic mass is 9.74. The Labute approximate surface area is 113 Å². The average molecular weight is 269 g/mol. The molecule has 1 fully saturated rings. The molecule has 4 heteroatoms. The molecule has 0 saturated heterocycles. The normalized spacial score (nSPS) is 20.5. The van der Waals surface area contributed by atoms with Gasteiger partial charge in [0.1, 0.15) is 6.10 Å². The van der Waals surface area contributed by atoms with Gasteiger partial charge in [-0.15, -0.1) is 0 Å². The van der Waals surface area contributed by atoms with E-state index in [0.717, 1.165) is 38.2 Å². The third kappa shape index (κ3) is 2.51. The van der Waals surface area contributed by atoms with E-state index < -0.39 is 23.3 Å². The molecule has 1 atom stereocenters. The minimum atomic E-state index is -1.00. The first-order valence-electron chi connectivity index (χ1n) is 6.78. The van der Waals surface area contributed by atoms with E-state index in [1.165, 1.54) is 12.1 Å². The molecule has 0 spiro atoms. The smallest absolute Gasteiger partial charge is 0.164 e. The molecule has 2 nitrogen and oxygen atoms in total. The Morgan fingerprint density at radius 1 is 1.16 bits per heavy atom. The van der Waals surface area contributed by atoms with Gasteiger partial charge in [-0.05, 0) is 33.0 Å². The van der Waals surface area contributed by atoms with Gasteiger partial charge in [-0.3, -0.25) is 0 Å². The summed E-state index contributed by atoms with van der Waals surface area (Å²) in [6, 6.07) is 4.00. The van der Waals surface area contributed by atoms with E-state index in [9.17, 15) is 13.9 Å². The molecule has 1 unspecified atom stereocenters. The average Bonchev–Trinajstić information content (AvgIpc) is 2.41. The second-order valence-electron chi connectivity index (χ2n) is 5.60. The molecule has 1 aliphatic carbocycles. The number of aliphatic hydroxyl groups is 1. The molecule has 0 amide bonds. The van der Waals surface area contributed by atoms with Crippen molar-refractivity contribution in [1.29, 1.82) is 0 Å². The van der Waals surface area contributed by atoms with Gasteiger partial charge in [-0.2, -0.15) is 0 Å². The lowest BCUT2D eigenvalue weighted by Gasteiger charge is -2.46. The molecule has 0 heterocycles. The van der Waals surface area contributed by atoms with Crippen molar-refractivity contribution in [3.8, 4) is 0 Å². The van der Waals surface area contributed by atoms with E-state index in [2.05, 4.69) is 0 Å². The van der Waals surface area contributed by atoms with Gasteiger partial charge in [-0.25, -0.2) is 8.78 Å². The summed E-state index contributed by atoms with van der Waals surface area (Å²) < 4.78 is 27.2. The highest BCUT2D eigenvalue weighted by Crippen LogP contribution is 2.42. The van der Waals surface area contributed by atoms with Crippen molar-refractivity contribution in [3.05, 3.63) is 35.4 Å². The Kier molecular flexibility index (Phi) is 4.21. The topological polar surface area (TPSA) is 23.5 Å².